The molecule has 3 N–H and O–H groups in total. The molecule has 0 saturated heterocycles. The molecule has 4 aromatic carbocycles. The Balaban J connectivity index is 0.964. The SMILES string of the molecule is Cc1nccc(Oc2ccc(CC(NC(=O)C3Cc4cc5c(cc4CN3C(=O)NC3CCC(F)(F)CC3)OC(c3ccc(OCc4ccc(Cl)c(Cl)c4)cc3)CO5)C(=O)O)cc2)c1C. The summed E-state index contributed by atoms with van der Waals surface area (Å²) in [5.41, 5.74) is 5.48. The van der Waals surface area contributed by atoms with Crippen molar-refractivity contribution in [3.63, 3.8) is 0 Å². The van der Waals surface area contributed by atoms with Crippen LogP contribution in [0.4, 0.5) is 13.6 Å². The second-order valence-electron chi connectivity index (χ2n) is 16.4. The van der Waals surface area contributed by atoms with Crippen LogP contribution >= 0.6 is 23.2 Å². The van der Waals surface area contributed by atoms with Gasteiger partial charge in [-0.25, -0.2) is 18.4 Å². The first-order valence-corrected chi connectivity index (χ1v) is 21.7. The highest BCUT2D eigenvalue weighted by Gasteiger charge is 2.40. The van der Waals surface area contributed by atoms with Crippen LogP contribution in [-0.2, 0) is 35.6 Å². The third-order valence-corrected chi connectivity index (χ3v) is 12.7. The quantitative estimate of drug-likeness (QED) is 0.111. The number of carboxylic acids is 1. The molecule has 8 rings (SSSR count). The van der Waals surface area contributed by atoms with Crippen molar-refractivity contribution in [3.8, 4) is 28.7 Å². The van der Waals surface area contributed by atoms with Gasteiger partial charge in [0.2, 0.25) is 11.8 Å². The van der Waals surface area contributed by atoms with Gasteiger partial charge in [0.25, 0.3) is 0 Å². The van der Waals surface area contributed by atoms with Crippen LogP contribution in [0.1, 0.15) is 70.9 Å². The molecular formula is C48H46Cl2F2N4O8. The monoisotopic (exact) mass is 914 g/mol. The highest BCUT2D eigenvalue weighted by molar-refractivity contribution is 6.42. The molecule has 334 valence electrons. The summed E-state index contributed by atoms with van der Waals surface area (Å²) in [6.07, 6.45) is 0.621. The summed E-state index contributed by atoms with van der Waals surface area (Å²) < 4.78 is 52.6. The van der Waals surface area contributed by atoms with E-state index < -0.39 is 48.1 Å². The standard InChI is InChI=1S/C48H46Cl2F2N4O8/c1-27-28(2)53-18-15-41(27)63-36-8-3-29(4-9-36)20-39(46(58)59)55-45(57)40-21-32-22-42-43(23-33(32)24-56(40)47(60)54-34-13-16-48(51,52)17-14-34)64-44(26-62-42)31-6-10-35(11-7-31)61-25-30-5-12-37(49)38(50)19-30/h3-12,15,18-19,22-23,34,39-40,44H,13-14,16-17,20-21,24-26H2,1-2H3,(H,54,60)(H,55,57)(H,58,59). The molecule has 3 aliphatic rings. The van der Waals surface area contributed by atoms with E-state index in [-0.39, 0.29) is 51.7 Å². The van der Waals surface area contributed by atoms with Crippen molar-refractivity contribution in [2.45, 2.75) is 95.7 Å². The number of ether oxygens (including phenoxy) is 4. The van der Waals surface area contributed by atoms with E-state index in [0.717, 1.165) is 22.4 Å². The topological polar surface area (TPSA) is 149 Å². The number of carbonyl (C=O) groups is 3. The third-order valence-electron chi connectivity index (χ3n) is 11.9. The van der Waals surface area contributed by atoms with Crippen molar-refractivity contribution >= 4 is 41.1 Å². The summed E-state index contributed by atoms with van der Waals surface area (Å²) in [7, 11) is 0. The van der Waals surface area contributed by atoms with Gasteiger partial charge < -0.3 is 39.6 Å². The molecule has 16 heteroatoms. The number of urea groups is 1. The molecule has 12 nitrogen and oxygen atoms in total. The number of benzene rings is 4. The van der Waals surface area contributed by atoms with Gasteiger partial charge in [-0.05, 0) is 109 Å². The molecule has 0 bridgehead atoms. The number of aliphatic carboxylic acids is 1. The van der Waals surface area contributed by atoms with Gasteiger partial charge in [0.1, 0.15) is 42.5 Å². The minimum absolute atomic E-state index is 0.0351. The molecule has 1 saturated carbocycles. The van der Waals surface area contributed by atoms with Gasteiger partial charge in [0.15, 0.2) is 17.6 Å². The number of nitrogens with zero attached hydrogens (tertiary/aromatic N) is 2. The van der Waals surface area contributed by atoms with Crippen molar-refractivity contribution in [1.82, 2.24) is 20.5 Å². The first-order valence-electron chi connectivity index (χ1n) is 21.0. The first kappa shape index (κ1) is 44.5. The van der Waals surface area contributed by atoms with Gasteiger partial charge in [-0.15, -0.1) is 0 Å². The Morgan fingerprint density at radius 2 is 1.61 bits per heavy atom. The second kappa shape index (κ2) is 18.9. The van der Waals surface area contributed by atoms with Gasteiger partial charge in [-0.3, -0.25) is 9.78 Å². The fraction of sp³-hybridized carbons (Fsp3) is 0.333. The molecule has 2 aliphatic heterocycles. The molecule has 0 spiro atoms. The van der Waals surface area contributed by atoms with Gasteiger partial charge in [0.05, 0.1) is 10.0 Å². The van der Waals surface area contributed by atoms with Crippen LogP contribution in [0.2, 0.25) is 10.0 Å². The predicted octanol–water partition coefficient (Wildman–Crippen LogP) is 9.72. The van der Waals surface area contributed by atoms with E-state index in [9.17, 15) is 28.3 Å². The molecule has 64 heavy (non-hydrogen) atoms. The lowest BCUT2D eigenvalue weighted by molar-refractivity contribution is -0.142. The highest BCUT2D eigenvalue weighted by atomic mass is 35.5. The minimum atomic E-state index is -2.80. The number of hydrogen-bond donors (Lipinski definition) is 3. The lowest BCUT2D eigenvalue weighted by Gasteiger charge is -2.39. The van der Waals surface area contributed by atoms with Gasteiger partial charge in [-0.2, -0.15) is 0 Å². The summed E-state index contributed by atoms with van der Waals surface area (Å²) >= 11 is 12.2. The molecule has 3 unspecified atom stereocenters. The smallest absolute Gasteiger partial charge is 0.326 e. The Bertz CT molecular complexity index is 2540. The first-order chi connectivity index (χ1) is 30.7. The van der Waals surface area contributed by atoms with Crippen molar-refractivity contribution in [2.24, 2.45) is 0 Å². The number of hydrogen-bond acceptors (Lipinski definition) is 8. The van der Waals surface area contributed by atoms with E-state index in [1.54, 1.807) is 60.8 Å². The Labute approximate surface area is 378 Å². The van der Waals surface area contributed by atoms with Crippen molar-refractivity contribution in [2.75, 3.05) is 6.61 Å². The number of carbonyl (C=O) groups excluding carboxylic acids is 2. The molecule has 3 amide bonds. The zero-order valence-electron chi connectivity index (χ0n) is 35.0. The molecule has 0 radical (unpaired) electrons. The second-order valence-corrected chi connectivity index (χ2v) is 17.2. The number of nitrogens with one attached hydrogen (secondary N) is 2. The number of aromatic nitrogens is 1. The molecule has 1 fully saturated rings. The van der Waals surface area contributed by atoms with E-state index in [0.29, 0.717) is 62.1 Å². The maximum absolute atomic E-state index is 14.2. The highest BCUT2D eigenvalue weighted by Crippen LogP contribution is 2.41. The minimum Gasteiger partial charge on any atom is -0.489 e. The number of alkyl halides is 2. The summed E-state index contributed by atoms with van der Waals surface area (Å²) in [6.45, 7) is 4.25. The maximum Gasteiger partial charge on any atom is 0.326 e. The lowest BCUT2D eigenvalue weighted by Crippen LogP contribution is -2.59. The van der Waals surface area contributed by atoms with Crippen molar-refractivity contribution in [1.29, 1.82) is 0 Å². The van der Waals surface area contributed by atoms with E-state index >= 15 is 0 Å². The molecule has 3 heterocycles. The summed E-state index contributed by atoms with van der Waals surface area (Å²) in [6, 6.07) is 21.4. The summed E-state index contributed by atoms with van der Waals surface area (Å²) in [4.78, 5) is 46.4. The maximum atomic E-state index is 14.2. The Morgan fingerprint density at radius 3 is 2.33 bits per heavy atom. The Hall–Kier alpha value is -6.12. The molecule has 3 atom stereocenters. The van der Waals surface area contributed by atoms with Crippen LogP contribution in [0.3, 0.4) is 0 Å². The average molecular weight is 916 g/mol. The predicted molar refractivity (Wildman–Crippen MR) is 235 cm³/mol. The van der Waals surface area contributed by atoms with Crippen LogP contribution in [0.25, 0.3) is 0 Å². The molecule has 1 aromatic heterocycles. The largest absolute Gasteiger partial charge is 0.489 e. The van der Waals surface area contributed by atoms with Crippen molar-refractivity contribution in [3.05, 3.63) is 140 Å². The van der Waals surface area contributed by atoms with Crippen molar-refractivity contribution < 1.29 is 47.2 Å². The van der Waals surface area contributed by atoms with Crippen LogP contribution in [0.15, 0.2) is 91.1 Å². The average Bonchev–Trinajstić information content (AvgIpc) is 3.28. The molecule has 1 aliphatic carbocycles. The van der Waals surface area contributed by atoms with Gasteiger partial charge in [0, 0.05) is 55.7 Å². The summed E-state index contributed by atoms with van der Waals surface area (Å²) in [5, 5.41) is 16.7. The molecule has 5 aromatic rings. The fourth-order valence-corrected chi connectivity index (χ4v) is 8.35. The fourth-order valence-electron chi connectivity index (χ4n) is 8.03. The Morgan fingerprint density at radius 1 is 0.906 bits per heavy atom. The number of carboxylic acid groups (broad SMARTS) is 1. The third kappa shape index (κ3) is 10.5. The number of halogens is 4. The van der Waals surface area contributed by atoms with E-state index in [1.165, 1.54) is 4.90 Å². The number of fused-ring (bicyclic) bond motifs is 2. The lowest BCUT2D eigenvalue weighted by atomic mass is 9.91. The zero-order chi connectivity index (χ0) is 45.1. The van der Waals surface area contributed by atoms with Gasteiger partial charge >= 0.3 is 12.0 Å². The van der Waals surface area contributed by atoms with E-state index in [2.05, 4.69) is 15.6 Å². The van der Waals surface area contributed by atoms with E-state index in [4.69, 9.17) is 42.1 Å². The van der Waals surface area contributed by atoms with Gasteiger partial charge in [-0.1, -0.05) is 53.5 Å². The normalized spacial score (nSPS) is 18.3. The number of aryl methyl sites for hydroxylation is 1. The van der Waals surface area contributed by atoms with Crippen LogP contribution in [0.5, 0.6) is 28.7 Å². The zero-order valence-corrected chi connectivity index (χ0v) is 36.6. The van der Waals surface area contributed by atoms with Crippen LogP contribution < -0.4 is 29.6 Å². The van der Waals surface area contributed by atoms with Crippen LogP contribution in [-0.4, -0.2) is 63.6 Å². The Kier molecular flexibility index (Phi) is 13.2. The molecular weight excluding hydrogens is 869 g/mol. The van der Waals surface area contributed by atoms with Crippen LogP contribution in [0, 0.1) is 13.8 Å². The summed E-state index contributed by atoms with van der Waals surface area (Å²) in [5.74, 6) is -1.99. The number of amides is 3. The number of rotatable bonds is 12. The number of pyridine rings is 1. The van der Waals surface area contributed by atoms with E-state index in [1.807, 2.05) is 44.2 Å².